The summed E-state index contributed by atoms with van der Waals surface area (Å²) in [6, 6.07) is 4.62. The van der Waals surface area contributed by atoms with Gasteiger partial charge in [-0.15, -0.1) is 0 Å². The second kappa shape index (κ2) is 5.61. The summed E-state index contributed by atoms with van der Waals surface area (Å²) >= 11 is 0. The van der Waals surface area contributed by atoms with Gasteiger partial charge in [-0.1, -0.05) is 12.1 Å². The van der Waals surface area contributed by atoms with Crippen LogP contribution in [-0.4, -0.2) is 20.6 Å². The number of hydrogen-bond donors (Lipinski definition) is 2. The summed E-state index contributed by atoms with van der Waals surface area (Å²) in [6.45, 7) is 1.75. The second-order valence-electron chi connectivity index (χ2n) is 4.59. The van der Waals surface area contributed by atoms with Gasteiger partial charge in [-0.25, -0.2) is 0 Å². The molecular weight excluding hydrogens is 274 g/mol. The molecule has 8 nitrogen and oxygen atoms in total. The molecule has 0 saturated carbocycles. The Bertz CT molecular complexity index is 708. The molecule has 1 aromatic carbocycles. The topological polar surface area (TPSA) is 116 Å². The van der Waals surface area contributed by atoms with Crippen molar-refractivity contribution in [3.63, 3.8) is 0 Å². The van der Waals surface area contributed by atoms with Crippen molar-refractivity contribution in [1.29, 1.82) is 0 Å². The molecule has 0 spiro atoms. The molecule has 8 heteroatoms. The molecule has 21 heavy (non-hydrogen) atoms. The number of para-hydroxylation sites is 1. The van der Waals surface area contributed by atoms with Gasteiger partial charge in [0.25, 0.3) is 11.6 Å². The summed E-state index contributed by atoms with van der Waals surface area (Å²) < 4.78 is 1.48. The van der Waals surface area contributed by atoms with Crippen molar-refractivity contribution in [2.45, 2.75) is 13.5 Å². The van der Waals surface area contributed by atoms with Crippen molar-refractivity contribution in [3.8, 4) is 0 Å². The van der Waals surface area contributed by atoms with E-state index in [-0.39, 0.29) is 17.8 Å². The van der Waals surface area contributed by atoms with E-state index in [4.69, 9.17) is 5.73 Å². The monoisotopic (exact) mass is 289 g/mol. The average molecular weight is 289 g/mol. The molecule has 0 atom stereocenters. The van der Waals surface area contributed by atoms with Gasteiger partial charge in [0.1, 0.15) is 11.4 Å². The number of carbonyl (C=O) groups excluding carboxylic acids is 1. The summed E-state index contributed by atoms with van der Waals surface area (Å²) in [6.07, 6.45) is 1.54. The molecule has 0 fully saturated rings. The van der Waals surface area contributed by atoms with E-state index < -0.39 is 10.8 Å². The lowest BCUT2D eigenvalue weighted by Gasteiger charge is -2.07. The molecule has 0 aliphatic rings. The highest BCUT2D eigenvalue weighted by molar-refractivity contribution is 5.98. The number of benzene rings is 1. The van der Waals surface area contributed by atoms with Crippen molar-refractivity contribution in [1.82, 2.24) is 15.1 Å². The molecule has 110 valence electrons. The normalized spacial score (nSPS) is 10.4. The predicted octanol–water partition coefficient (Wildman–Crippen LogP) is 1.15. The Morgan fingerprint density at radius 3 is 2.81 bits per heavy atom. The van der Waals surface area contributed by atoms with Crippen molar-refractivity contribution in [3.05, 3.63) is 51.2 Å². The summed E-state index contributed by atoms with van der Waals surface area (Å²) in [5.74, 6) is -0.0808. The van der Waals surface area contributed by atoms with Crippen LogP contribution in [0.15, 0.2) is 24.4 Å². The maximum absolute atomic E-state index is 12.1. The molecule has 0 aliphatic heterocycles. The fourth-order valence-corrected chi connectivity index (χ4v) is 1.98. The van der Waals surface area contributed by atoms with Crippen molar-refractivity contribution >= 4 is 17.4 Å². The number of carbonyl (C=O) groups is 1. The van der Waals surface area contributed by atoms with Gasteiger partial charge in [-0.2, -0.15) is 5.10 Å². The van der Waals surface area contributed by atoms with Crippen LogP contribution in [0.1, 0.15) is 21.5 Å². The summed E-state index contributed by atoms with van der Waals surface area (Å²) in [7, 11) is 1.69. The third-order valence-corrected chi connectivity index (χ3v) is 3.17. The fraction of sp³-hybridized carbons (Fsp3) is 0.231. The first-order valence-electron chi connectivity index (χ1n) is 6.20. The first kappa shape index (κ1) is 14.5. The molecule has 0 unspecified atom stereocenters. The van der Waals surface area contributed by atoms with Crippen LogP contribution in [0.2, 0.25) is 0 Å². The lowest BCUT2D eigenvalue weighted by molar-refractivity contribution is -0.385. The van der Waals surface area contributed by atoms with Gasteiger partial charge in [0, 0.05) is 24.7 Å². The highest BCUT2D eigenvalue weighted by Crippen LogP contribution is 2.23. The Balaban J connectivity index is 2.20. The van der Waals surface area contributed by atoms with Crippen molar-refractivity contribution in [2.75, 3.05) is 5.73 Å². The Morgan fingerprint density at radius 1 is 1.52 bits per heavy atom. The zero-order valence-electron chi connectivity index (χ0n) is 11.7. The fourth-order valence-electron chi connectivity index (χ4n) is 1.98. The van der Waals surface area contributed by atoms with Crippen molar-refractivity contribution < 1.29 is 9.72 Å². The largest absolute Gasteiger partial charge is 0.384 e. The van der Waals surface area contributed by atoms with Gasteiger partial charge >= 0.3 is 0 Å². The van der Waals surface area contributed by atoms with Gasteiger partial charge in [-0.3, -0.25) is 19.6 Å². The quantitative estimate of drug-likeness (QED) is 0.647. The molecule has 0 radical (unpaired) electrons. The summed E-state index contributed by atoms with van der Waals surface area (Å²) in [5, 5.41) is 17.6. The first-order chi connectivity index (χ1) is 9.91. The third-order valence-electron chi connectivity index (χ3n) is 3.17. The minimum Gasteiger partial charge on any atom is -0.384 e. The Morgan fingerprint density at radius 2 is 2.24 bits per heavy atom. The van der Waals surface area contributed by atoms with E-state index in [9.17, 15) is 14.9 Å². The van der Waals surface area contributed by atoms with E-state index in [1.54, 1.807) is 32.3 Å². The SMILES string of the molecule is Cc1cccc(C(=O)NCc2cnn(C)c2N)c1[N+](=O)[O-]. The number of rotatable bonds is 4. The van der Waals surface area contributed by atoms with Gasteiger partial charge in [0.05, 0.1) is 11.1 Å². The van der Waals surface area contributed by atoms with Gasteiger partial charge in [0.15, 0.2) is 0 Å². The van der Waals surface area contributed by atoms with Crippen molar-refractivity contribution in [2.24, 2.45) is 7.05 Å². The molecule has 2 rings (SSSR count). The van der Waals surface area contributed by atoms with Crippen LogP contribution in [-0.2, 0) is 13.6 Å². The Labute approximate surface area is 120 Å². The van der Waals surface area contributed by atoms with Crippen LogP contribution in [0, 0.1) is 17.0 Å². The van der Waals surface area contributed by atoms with E-state index >= 15 is 0 Å². The molecular formula is C13H15N5O3. The lowest BCUT2D eigenvalue weighted by atomic mass is 10.1. The van der Waals surface area contributed by atoms with Crippen LogP contribution < -0.4 is 11.1 Å². The smallest absolute Gasteiger partial charge is 0.285 e. The number of nitrogens with one attached hydrogen (secondary N) is 1. The third kappa shape index (κ3) is 2.83. The number of nitrogen functional groups attached to an aromatic ring is 1. The number of amides is 1. The van der Waals surface area contributed by atoms with E-state index in [2.05, 4.69) is 10.4 Å². The maximum atomic E-state index is 12.1. The second-order valence-corrected chi connectivity index (χ2v) is 4.59. The van der Waals surface area contributed by atoms with Crippen LogP contribution in [0.5, 0.6) is 0 Å². The van der Waals surface area contributed by atoms with E-state index in [0.717, 1.165) is 0 Å². The number of nitrogens with zero attached hydrogens (tertiary/aromatic N) is 3. The minimum atomic E-state index is -0.553. The van der Waals surface area contributed by atoms with E-state index in [0.29, 0.717) is 16.9 Å². The van der Waals surface area contributed by atoms with Gasteiger partial charge in [-0.05, 0) is 13.0 Å². The molecule has 1 aromatic heterocycles. The van der Waals surface area contributed by atoms with Crippen LogP contribution in [0.25, 0.3) is 0 Å². The standard InChI is InChI=1S/C13H15N5O3/c1-8-4-3-5-10(11(8)18(20)21)13(19)15-6-9-7-16-17(2)12(9)14/h3-5,7H,6,14H2,1-2H3,(H,15,19). The number of nitro groups is 1. The number of aryl methyl sites for hydroxylation is 2. The van der Waals surface area contributed by atoms with Crippen LogP contribution >= 0.6 is 0 Å². The number of anilines is 1. The van der Waals surface area contributed by atoms with E-state index in [1.165, 1.54) is 10.7 Å². The van der Waals surface area contributed by atoms with Gasteiger partial charge < -0.3 is 11.1 Å². The highest BCUT2D eigenvalue weighted by atomic mass is 16.6. The number of aromatic nitrogens is 2. The number of hydrogen-bond acceptors (Lipinski definition) is 5. The first-order valence-corrected chi connectivity index (χ1v) is 6.20. The predicted molar refractivity (Wildman–Crippen MR) is 76.6 cm³/mol. The average Bonchev–Trinajstić information content (AvgIpc) is 2.75. The van der Waals surface area contributed by atoms with Crippen LogP contribution in [0.4, 0.5) is 11.5 Å². The highest BCUT2D eigenvalue weighted by Gasteiger charge is 2.22. The van der Waals surface area contributed by atoms with E-state index in [1.807, 2.05) is 0 Å². The summed E-state index contributed by atoms with van der Waals surface area (Å²) in [5.41, 5.74) is 6.71. The molecule has 2 aromatic rings. The van der Waals surface area contributed by atoms with Crippen LogP contribution in [0.3, 0.4) is 0 Å². The molecule has 0 saturated heterocycles. The molecule has 1 amide bonds. The maximum Gasteiger partial charge on any atom is 0.285 e. The molecule has 0 aliphatic carbocycles. The zero-order chi connectivity index (χ0) is 15.6. The lowest BCUT2D eigenvalue weighted by Crippen LogP contribution is -2.24. The molecule has 3 N–H and O–H groups in total. The Hall–Kier alpha value is -2.90. The summed E-state index contributed by atoms with van der Waals surface area (Å²) in [4.78, 5) is 22.6. The zero-order valence-corrected chi connectivity index (χ0v) is 11.7. The minimum absolute atomic E-state index is 0.0301. The Kier molecular flexibility index (Phi) is 3.88. The molecule has 1 heterocycles. The van der Waals surface area contributed by atoms with Gasteiger partial charge in [0.2, 0.25) is 0 Å². The number of nitrogens with two attached hydrogens (primary N) is 1. The molecule has 0 bridgehead atoms. The number of nitro benzene ring substituents is 1.